The molecule has 7 heteroatoms. The van der Waals surface area contributed by atoms with Crippen LogP contribution in [0.4, 0.5) is 13.2 Å². The fourth-order valence-corrected chi connectivity index (χ4v) is 2.88. The van der Waals surface area contributed by atoms with Crippen LogP contribution in [0.15, 0.2) is 16.7 Å². The summed E-state index contributed by atoms with van der Waals surface area (Å²) in [5.41, 5.74) is 1.16. The summed E-state index contributed by atoms with van der Waals surface area (Å²) in [7, 11) is 0. The summed E-state index contributed by atoms with van der Waals surface area (Å²) in [5.74, 6) is -1.63. The van der Waals surface area contributed by atoms with Crippen molar-refractivity contribution in [3.05, 3.63) is 28.0 Å². The van der Waals surface area contributed by atoms with Crippen LogP contribution in [-0.4, -0.2) is 35.1 Å². The van der Waals surface area contributed by atoms with Crippen molar-refractivity contribution in [3.8, 4) is 0 Å². The number of alkyl halides is 3. The number of hydrogen-bond donors (Lipinski definition) is 0. The Balaban J connectivity index is 2.05. The van der Waals surface area contributed by atoms with Crippen molar-refractivity contribution >= 4 is 21.8 Å². The van der Waals surface area contributed by atoms with E-state index in [1.165, 1.54) is 4.90 Å². The van der Waals surface area contributed by atoms with Crippen LogP contribution in [0.2, 0.25) is 0 Å². The van der Waals surface area contributed by atoms with Crippen LogP contribution < -0.4 is 0 Å². The SMILES string of the molecule is Cc1cnc(C(=O)N2CCC(C(F)(F)F)CC2)c(Br)c1. The van der Waals surface area contributed by atoms with Crippen LogP contribution in [0.1, 0.15) is 28.9 Å². The zero-order chi connectivity index (χ0) is 14.9. The number of piperidine rings is 1. The first-order chi connectivity index (χ1) is 9.29. The van der Waals surface area contributed by atoms with E-state index in [0.717, 1.165) is 5.56 Å². The molecule has 1 aromatic rings. The van der Waals surface area contributed by atoms with Crippen LogP contribution >= 0.6 is 15.9 Å². The fraction of sp³-hybridized carbons (Fsp3) is 0.538. The van der Waals surface area contributed by atoms with Crippen molar-refractivity contribution in [2.24, 2.45) is 5.92 Å². The summed E-state index contributed by atoms with van der Waals surface area (Å²) >= 11 is 3.27. The zero-order valence-corrected chi connectivity index (χ0v) is 12.5. The van der Waals surface area contributed by atoms with Crippen molar-refractivity contribution < 1.29 is 18.0 Å². The normalized spacial score (nSPS) is 17.4. The summed E-state index contributed by atoms with van der Waals surface area (Å²) in [6.45, 7) is 2.08. The number of nitrogens with zero attached hydrogens (tertiary/aromatic N) is 2. The number of aromatic nitrogens is 1. The van der Waals surface area contributed by atoms with Gasteiger partial charge < -0.3 is 4.90 Å². The molecule has 0 radical (unpaired) electrons. The molecule has 3 nitrogen and oxygen atoms in total. The van der Waals surface area contributed by atoms with Gasteiger partial charge in [0.2, 0.25) is 0 Å². The standard InChI is InChI=1S/C13H14BrF3N2O/c1-8-6-10(14)11(18-7-8)12(20)19-4-2-9(3-5-19)13(15,16)17/h6-7,9H,2-5H2,1H3. The van der Waals surface area contributed by atoms with E-state index in [2.05, 4.69) is 20.9 Å². The summed E-state index contributed by atoms with van der Waals surface area (Å²) in [6, 6.07) is 1.77. The lowest BCUT2D eigenvalue weighted by molar-refractivity contribution is -0.183. The smallest absolute Gasteiger partial charge is 0.337 e. The molecule has 0 aromatic carbocycles. The molecule has 1 fully saturated rings. The molecule has 1 saturated heterocycles. The van der Waals surface area contributed by atoms with Gasteiger partial charge in [-0.25, -0.2) is 4.98 Å². The van der Waals surface area contributed by atoms with Crippen molar-refractivity contribution in [1.29, 1.82) is 0 Å². The number of halogens is 4. The molecule has 110 valence electrons. The van der Waals surface area contributed by atoms with Crippen LogP contribution in [0, 0.1) is 12.8 Å². The molecule has 1 amide bonds. The van der Waals surface area contributed by atoms with Gasteiger partial charge in [-0.3, -0.25) is 4.79 Å². The molecular formula is C13H14BrF3N2O. The summed E-state index contributed by atoms with van der Waals surface area (Å²) in [4.78, 5) is 17.7. The lowest BCUT2D eigenvalue weighted by Crippen LogP contribution is -2.42. The number of hydrogen-bond acceptors (Lipinski definition) is 2. The monoisotopic (exact) mass is 350 g/mol. The Morgan fingerprint density at radius 1 is 1.40 bits per heavy atom. The van der Waals surface area contributed by atoms with Gasteiger partial charge in [0.25, 0.3) is 5.91 Å². The number of pyridine rings is 1. The van der Waals surface area contributed by atoms with Crippen LogP contribution in [0.25, 0.3) is 0 Å². The van der Waals surface area contributed by atoms with Gasteiger partial charge in [-0.2, -0.15) is 13.2 Å². The summed E-state index contributed by atoms with van der Waals surface area (Å²) in [5, 5.41) is 0. The third-order valence-corrected chi connectivity index (χ3v) is 4.03. The first kappa shape index (κ1) is 15.3. The molecule has 2 rings (SSSR count). The number of amides is 1. The second-order valence-electron chi connectivity index (χ2n) is 4.95. The van der Waals surface area contributed by atoms with Crippen LogP contribution in [-0.2, 0) is 0 Å². The minimum atomic E-state index is -4.17. The molecule has 0 N–H and O–H groups in total. The van der Waals surface area contributed by atoms with E-state index < -0.39 is 12.1 Å². The summed E-state index contributed by atoms with van der Waals surface area (Å²) < 4.78 is 38.3. The first-order valence-corrected chi connectivity index (χ1v) is 7.06. The van der Waals surface area contributed by atoms with E-state index in [1.54, 1.807) is 12.3 Å². The van der Waals surface area contributed by atoms with Gasteiger partial charge >= 0.3 is 6.18 Å². The highest BCUT2D eigenvalue weighted by Gasteiger charge is 2.41. The highest BCUT2D eigenvalue weighted by Crippen LogP contribution is 2.34. The maximum absolute atomic E-state index is 12.6. The molecule has 0 atom stereocenters. The van der Waals surface area contributed by atoms with E-state index in [9.17, 15) is 18.0 Å². The van der Waals surface area contributed by atoms with Gasteiger partial charge in [-0.05, 0) is 47.3 Å². The maximum atomic E-state index is 12.6. The molecule has 20 heavy (non-hydrogen) atoms. The number of likely N-dealkylation sites (tertiary alicyclic amines) is 1. The Labute approximate surface area is 123 Å². The Morgan fingerprint density at radius 3 is 2.50 bits per heavy atom. The second-order valence-corrected chi connectivity index (χ2v) is 5.81. The second kappa shape index (κ2) is 5.71. The largest absolute Gasteiger partial charge is 0.391 e. The molecular weight excluding hydrogens is 337 g/mol. The lowest BCUT2D eigenvalue weighted by atomic mass is 9.96. The van der Waals surface area contributed by atoms with Crippen LogP contribution in [0.3, 0.4) is 0 Å². The van der Waals surface area contributed by atoms with Crippen LogP contribution in [0.5, 0.6) is 0 Å². The van der Waals surface area contributed by atoms with Gasteiger partial charge in [-0.15, -0.1) is 0 Å². The fourth-order valence-electron chi connectivity index (χ4n) is 2.25. The van der Waals surface area contributed by atoms with Gasteiger partial charge in [0.15, 0.2) is 0 Å². The number of carbonyl (C=O) groups is 1. The van der Waals surface area contributed by atoms with Gasteiger partial charge in [-0.1, -0.05) is 0 Å². The highest BCUT2D eigenvalue weighted by atomic mass is 79.9. The van der Waals surface area contributed by atoms with Gasteiger partial charge in [0.1, 0.15) is 5.69 Å². The van der Waals surface area contributed by atoms with E-state index >= 15 is 0 Å². The van der Waals surface area contributed by atoms with Crippen molar-refractivity contribution in [1.82, 2.24) is 9.88 Å². The number of carbonyl (C=O) groups excluding carboxylic acids is 1. The minimum Gasteiger partial charge on any atom is -0.337 e. The molecule has 0 aliphatic carbocycles. The Hall–Kier alpha value is -1.11. The van der Waals surface area contributed by atoms with E-state index in [-0.39, 0.29) is 37.5 Å². The van der Waals surface area contributed by atoms with Crippen molar-refractivity contribution in [2.75, 3.05) is 13.1 Å². The number of aryl methyl sites for hydroxylation is 1. The average Bonchev–Trinajstić information content (AvgIpc) is 2.37. The van der Waals surface area contributed by atoms with E-state index in [4.69, 9.17) is 0 Å². The topological polar surface area (TPSA) is 33.2 Å². The molecule has 1 aliphatic rings. The van der Waals surface area contributed by atoms with Crippen molar-refractivity contribution in [2.45, 2.75) is 25.9 Å². The van der Waals surface area contributed by atoms with Gasteiger partial charge in [0, 0.05) is 23.8 Å². The lowest BCUT2D eigenvalue weighted by Gasteiger charge is -2.32. The van der Waals surface area contributed by atoms with E-state index in [0.29, 0.717) is 4.47 Å². The zero-order valence-electron chi connectivity index (χ0n) is 10.9. The molecule has 2 heterocycles. The van der Waals surface area contributed by atoms with E-state index in [1.807, 2.05) is 6.92 Å². The molecule has 1 aromatic heterocycles. The molecule has 0 saturated carbocycles. The average molecular weight is 351 g/mol. The predicted molar refractivity (Wildman–Crippen MR) is 71.4 cm³/mol. The Kier molecular flexibility index (Phi) is 4.36. The van der Waals surface area contributed by atoms with Gasteiger partial charge in [0.05, 0.1) is 5.92 Å². The third kappa shape index (κ3) is 3.31. The highest BCUT2D eigenvalue weighted by molar-refractivity contribution is 9.10. The molecule has 1 aliphatic heterocycles. The number of rotatable bonds is 1. The molecule has 0 unspecified atom stereocenters. The molecule has 0 spiro atoms. The first-order valence-electron chi connectivity index (χ1n) is 6.27. The predicted octanol–water partition coefficient (Wildman–Crippen LogP) is 3.57. The van der Waals surface area contributed by atoms with Crippen molar-refractivity contribution in [3.63, 3.8) is 0 Å². The quantitative estimate of drug-likeness (QED) is 0.775. The Bertz CT molecular complexity index is 511. The minimum absolute atomic E-state index is 0.0429. The molecule has 0 bridgehead atoms. The third-order valence-electron chi connectivity index (χ3n) is 3.43. The summed E-state index contributed by atoms with van der Waals surface area (Å²) in [6.07, 6.45) is -2.68. The maximum Gasteiger partial charge on any atom is 0.391 e. The Morgan fingerprint density at radius 2 is 2.00 bits per heavy atom.